The van der Waals surface area contributed by atoms with E-state index in [0.29, 0.717) is 48.7 Å². The fourth-order valence-electron chi connectivity index (χ4n) is 3.86. The molecule has 0 aliphatic heterocycles. The Kier molecular flexibility index (Phi) is 5.31. The lowest BCUT2D eigenvalue weighted by atomic mass is 9.83. The number of rotatable bonds is 5. The third-order valence-corrected chi connectivity index (χ3v) is 5.45. The molecule has 1 saturated carbocycles. The van der Waals surface area contributed by atoms with E-state index < -0.39 is 17.2 Å². The molecular formula is C21H26F2N6O. The minimum absolute atomic E-state index is 0.0191. The minimum atomic E-state index is -0.711. The molecule has 160 valence electrons. The molecule has 3 N–H and O–H groups in total. The topological polar surface area (TPSA) is 87.9 Å². The molecule has 0 unspecified atom stereocenters. The fourth-order valence-corrected chi connectivity index (χ4v) is 3.86. The van der Waals surface area contributed by atoms with Gasteiger partial charge in [0.2, 0.25) is 11.9 Å². The standard InChI is InChI=1S/C21H26F2N6O/c1-12(2)25-19-24-11-16-18(28-19)29(13-7-9-21(3,30)10-8-13)20(26-16)27-17-14(22)5-4-6-15(17)23/h4-6,11-13,30H,7-10H2,1-3H3,(H,26,27)(H,24,25,28)/t13-,21+. The van der Waals surface area contributed by atoms with Crippen molar-refractivity contribution in [1.29, 1.82) is 0 Å². The van der Waals surface area contributed by atoms with Crippen molar-refractivity contribution in [3.63, 3.8) is 0 Å². The van der Waals surface area contributed by atoms with Crippen LogP contribution in [0.15, 0.2) is 24.4 Å². The van der Waals surface area contributed by atoms with E-state index in [4.69, 9.17) is 0 Å². The first-order valence-electron chi connectivity index (χ1n) is 10.2. The molecule has 0 atom stereocenters. The average Bonchev–Trinajstić information content (AvgIpc) is 3.02. The minimum Gasteiger partial charge on any atom is -0.390 e. The summed E-state index contributed by atoms with van der Waals surface area (Å²) in [5.41, 5.74) is 0.141. The van der Waals surface area contributed by atoms with Crippen molar-refractivity contribution in [3.05, 3.63) is 36.0 Å². The van der Waals surface area contributed by atoms with Gasteiger partial charge in [0.15, 0.2) is 5.65 Å². The van der Waals surface area contributed by atoms with Gasteiger partial charge < -0.3 is 15.7 Å². The third kappa shape index (κ3) is 4.07. The molecule has 1 aliphatic rings. The summed E-state index contributed by atoms with van der Waals surface area (Å²) in [5.74, 6) is -0.636. The maximum atomic E-state index is 14.3. The van der Waals surface area contributed by atoms with E-state index in [2.05, 4.69) is 25.6 Å². The molecule has 2 heterocycles. The summed E-state index contributed by atoms with van der Waals surface area (Å²) in [5, 5.41) is 16.3. The molecule has 1 fully saturated rings. The zero-order valence-corrected chi connectivity index (χ0v) is 17.3. The van der Waals surface area contributed by atoms with Gasteiger partial charge in [0.1, 0.15) is 22.8 Å². The first-order valence-corrected chi connectivity index (χ1v) is 10.2. The van der Waals surface area contributed by atoms with Crippen molar-refractivity contribution in [2.45, 2.75) is 64.1 Å². The van der Waals surface area contributed by atoms with Crippen molar-refractivity contribution >= 4 is 28.7 Å². The van der Waals surface area contributed by atoms with Crippen molar-refractivity contribution < 1.29 is 13.9 Å². The number of halogens is 2. The molecule has 2 aromatic heterocycles. The summed E-state index contributed by atoms with van der Waals surface area (Å²) in [7, 11) is 0. The number of nitrogens with zero attached hydrogens (tertiary/aromatic N) is 4. The maximum Gasteiger partial charge on any atom is 0.224 e. The lowest BCUT2D eigenvalue weighted by Gasteiger charge is -2.34. The molecular weight excluding hydrogens is 390 g/mol. The van der Waals surface area contributed by atoms with Gasteiger partial charge in [-0.25, -0.2) is 18.7 Å². The van der Waals surface area contributed by atoms with Crippen LogP contribution < -0.4 is 10.6 Å². The highest BCUT2D eigenvalue weighted by Gasteiger charge is 2.32. The highest BCUT2D eigenvalue weighted by Crippen LogP contribution is 2.38. The molecule has 1 aliphatic carbocycles. The molecule has 9 heteroatoms. The zero-order valence-electron chi connectivity index (χ0n) is 17.3. The Labute approximate surface area is 173 Å². The Morgan fingerprint density at radius 3 is 2.47 bits per heavy atom. The number of para-hydroxylation sites is 1. The number of aliphatic hydroxyl groups is 1. The first-order chi connectivity index (χ1) is 14.2. The van der Waals surface area contributed by atoms with Gasteiger partial charge in [-0.1, -0.05) is 6.07 Å². The first kappa shape index (κ1) is 20.5. The van der Waals surface area contributed by atoms with E-state index in [1.54, 1.807) is 6.20 Å². The van der Waals surface area contributed by atoms with Crippen LogP contribution in [0.3, 0.4) is 0 Å². The Hall–Kier alpha value is -2.81. The van der Waals surface area contributed by atoms with Crippen LogP contribution in [0, 0.1) is 11.6 Å². The predicted molar refractivity (Wildman–Crippen MR) is 112 cm³/mol. The largest absolute Gasteiger partial charge is 0.390 e. The number of imidazole rings is 1. The normalized spacial score (nSPS) is 21.9. The number of hydrogen-bond acceptors (Lipinski definition) is 6. The second-order valence-electron chi connectivity index (χ2n) is 8.46. The van der Waals surface area contributed by atoms with Gasteiger partial charge in [-0.2, -0.15) is 4.98 Å². The number of nitrogens with one attached hydrogen (secondary N) is 2. The summed E-state index contributed by atoms with van der Waals surface area (Å²) in [6.07, 6.45) is 4.24. The number of aromatic nitrogens is 4. The van der Waals surface area contributed by atoms with E-state index >= 15 is 0 Å². The van der Waals surface area contributed by atoms with E-state index in [1.807, 2.05) is 25.3 Å². The lowest BCUT2D eigenvalue weighted by molar-refractivity contribution is 0.0105. The van der Waals surface area contributed by atoms with E-state index in [1.165, 1.54) is 18.2 Å². The van der Waals surface area contributed by atoms with Crippen LogP contribution in [-0.2, 0) is 0 Å². The lowest BCUT2D eigenvalue weighted by Crippen LogP contribution is -2.31. The summed E-state index contributed by atoms with van der Waals surface area (Å²) in [4.78, 5) is 13.4. The molecule has 0 radical (unpaired) electrons. The highest BCUT2D eigenvalue weighted by molar-refractivity contribution is 5.76. The van der Waals surface area contributed by atoms with Gasteiger partial charge >= 0.3 is 0 Å². The van der Waals surface area contributed by atoms with Crippen LogP contribution in [0.1, 0.15) is 52.5 Å². The summed E-state index contributed by atoms with van der Waals surface area (Å²) < 4.78 is 30.4. The molecule has 4 rings (SSSR count). The van der Waals surface area contributed by atoms with Crippen LogP contribution in [0.5, 0.6) is 0 Å². The Bertz CT molecular complexity index is 1030. The molecule has 1 aromatic carbocycles. The monoisotopic (exact) mass is 416 g/mol. The number of benzene rings is 1. The maximum absolute atomic E-state index is 14.3. The second kappa shape index (κ2) is 7.79. The number of anilines is 3. The summed E-state index contributed by atoms with van der Waals surface area (Å²) in [6, 6.07) is 3.83. The molecule has 0 spiro atoms. The van der Waals surface area contributed by atoms with Crippen LogP contribution >= 0.6 is 0 Å². The SMILES string of the molecule is CC(C)Nc1ncc2nc(Nc3c(F)cccc3F)n([C@H]3CC[C@@](C)(O)CC3)c2n1. The van der Waals surface area contributed by atoms with Gasteiger partial charge in [-0.15, -0.1) is 0 Å². The van der Waals surface area contributed by atoms with E-state index in [0.717, 1.165) is 0 Å². The molecule has 30 heavy (non-hydrogen) atoms. The summed E-state index contributed by atoms with van der Waals surface area (Å²) in [6.45, 7) is 5.81. The molecule has 0 amide bonds. The fraction of sp³-hybridized carbons (Fsp3) is 0.476. The van der Waals surface area contributed by atoms with Crippen molar-refractivity contribution in [2.24, 2.45) is 0 Å². The highest BCUT2D eigenvalue weighted by atomic mass is 19.1. The van der Waals surface area contributed by atoms with Crippen LogP contribution in [0.4, 0.5) is 26.4 Å². The van der Waals surface area contributed by atoms with Gasteiger partial charge in [0, 0.05) is 12.1 Å². The van der Waals surface area contributed by atoms with Crippen molar-refractivity contribution in [3.8, 4) is 0 Å². The third-order valence-electron chi connectivity index (χ3n) is 5.45. The van der Waals surface area contributed by atoms with Gasteiger partial charge in [-0.3, -0.25) is 4.57 Å². The Morgan fingerprint density at radius 1 is 1.17 bits per heavy atom. The second-order valence-corrected chi connectivity index (χ2v) is 8.46. The zero-order chi connectivity index (χ0) is 21.5. The smallest absolute Gasteiger partial charge is 0.224 e. The van der Waals surface area contributed by atoms with Crippen LogP contribution in [0.2, 0.25) is 0 Å². The number of hydrogen-bond donors (Lipinski definition) is 3. The van der Waals surface area contributed by atoms with Gasteiger partial charge in [0.05, 0.1) is 11.8 Å². The molecule has 3 aromatic rings. The predicted octanol–water partition coefficient (Wildman–Crippen LogP) is 4.53. The van der Waals surface area contributed by atoms with Gasteiger partial charge in [0.25, 0.3) is 0 Å². The molecule has 0 bridgehead atoms. The average molecular weight is 416 g/mol. The van der Waals surface area contributed by atoms with Crippen LogP contribution in [-0.4, -0.2) is 36.3 Å². The van der Waals surface area contributed by atoms with Crippen LogP contribution in [0.25, 0.3) is 11.2 Å². The number of fused-ring (bicyclic) bond motifs is 1. The van der Waals surface area contributed by atoms with E-state index in [9.17, 15) is 13.9 Å². The summed E-state index contributed by atoms with van der Waals surface area (Å²) >= 11 is 0. The molecule has 7 nitrogen and oxygen atoms in total. The van der Waals surface area contributed by atoms with Gasteiger partial charge in [-0.05, 0) is 58.6 Å². The van der Waals surface area contributed by atoms with Crippen molar-refractivity contribution in [1.82, 2.24) is 19.5 Å². The van der Waals surface area contributed by atoms with Crippen molar-refractivity contribution in [2.75, 3.05) is 10.6 Å². The quantitative estimate of drug-likeness (QED) is 0.566. The Morgan fingerprint density at radius 2 is 1.83 bits per heavy atom. The Balaban J connectivity index is 1.80. The molecule has 0 saturated heterocycles. The van der Waals surface area contributed by atoms with E-state index in [-0.39, 0.29) is 17.8 Å².